The van der Waals surface area contributed by atoms with E-state index in [1.165, 1.54) is 38.5 Å². The average Bonchev–Trinajstić information content (AvgIpc) is 3.40. The van der Waals surface area contributed by atoms with Crippen molar-refractivity contribution >= 4 is 0 Å². The van der Waals surface area contributed by atoms with Crippen LogP contribution in [-0.4, -0.2) is 0 Å². The summed E-state index contributed by atoms with van der Waals surface area (Å²) in [7, 11) is 0. The highest BCUT2D eigenvalue weighted by Crippen LogP contribution is 2.65. The van der Waals surface area contributed by atoms with Crippen LogP contribution in [0, 0.1) is 35.5 Å². The first-order valence-corrected chi connectivity index (χ1v) is 9.99. The summed E-state index contributed by atoms with van der Waals surface area (Å²) in [4.78, 5) is 0. The standard InChI is InChI=1S/C22H28/c1-12(18-10-20(18)13-8-9-13)19-11-21(19)22-16-6-2-4-14(16)15-5-3-7-17(15)22/h4,12-13,18-21H,2-3,5-11H2,1H3/t12?,18?,19-,20-,21?/m0/s1. The Balaban J connectivity index is 1.25. The first kappa shape index (κ1) is 12.6. The summed E-state index contributed by atoms with van der Waals surface area (Å²) in [5.74, 6) is 6.46. The highest BCUT2D eigenvalue weighted by Gasteiger charge is 2.56. The Morgan fingerprint density at radius 3 is 2.68 bits per heavy atom. The highest BCUT2D eigenvalue weighted by molar-refractivity contribution is 5.68. The van der Waals surface area contributed by atoms with E-state index in [-0.39, 0.29) is 0 Å². The maximum Gasteiger partial charge on any atom is -0.0122 e. The molecule has 0 saturated heterocycles. The molecule has 0 heterocycles. The van der Waals surface area contributed by atoms with Gasteiger partial charge in [0.15, 0.2) is 0 Å². The van der Waals surface area contributed by atoms with E-state index in [9.17, 15) is 0 Å². The molecule has 0 spiro atoms. The Morgan fingerprint density at radius 1 is 0.955 bits per heavy atom. The van der Waals surface area contributed by atoms with Gasteiger partial charge in [-0.3, -0.25) is 0 Å². The van der Waals surface area contributed by atoms with Crippen LogP contribution in [0.15, 0.2) is 33.9 Å². The zero-order valence-electron chi connectivity index (χ0n) is 13.9. The maximum atomic E-state index is 2.60. The lowest BCUT2D eigenvalue weighted by molar-refractivity contribution is 0.396. The van der Waals surface area contributed by atoms with Crippen LogP contribution in [0.25, 0.3) is 0 Å². The fourth-order valence-corrected chi connectivity index (χ4v) is 6.52. The van der Waals surface area contributed by atoms with Crippen LogP contribution < -0.4 is 0 Å². The van der Waals surface area contributed by atoms with Gasteiger partial charge in [-0.05, 0) is 121 Å². The Morgan fingerprint density at radius 2 is 1.82 bits per heavy atom. The SMILES string of the molecule is CC(C1C[C@H]1C1CC1)[C@@H]1CC1C1=C2CCC=C2C2=C1CCC2. The molecular weight excluding hydrogens is 264 g/mol. The lowest BCUT2D eigenvalue weighted by atomic mass is 9.90. The van der Waals surface area contributed by atoms with Crippen molar-refractivity contribution in [1.29, 1.82) is 0 Å². The van der Waals surface area contributed by atoms with E-state index in [0.717, 1.165) is 35.5 Å². The minimum atomic E-state index is 0.970. The predicted octanol–water partition coefficient (Wildman–Crippen LogP) is 5.82. The molecule has 0 radical (unpaired) electrons. The topological polar surface area (TPSA) is 0 Å². The summed E-state index contributed by atoms with van der Waals surface area (Å²) in [6.45, 7) is 2.60. The molecule has 0 aliphatic heterocycles. The van der Waals surface area contributed by atoms with E-state index in [0.29, 0.717) is 0 Å². The average molecular weight is 292 g/mol. The van der Waals surface area contributed by atoms with Crippen LogP contribution in [0.1, 0.15) is 64.7 Å². The van der Waals surface area contributed by atoms with Crippen molar-refractivity contribution in [2.75, 3.05) is 0 Å². The Labute approximate surface area is 134 Å². The largest absolute Gasteiger partial charge is 0.0764 e. The number of rotatable bonds is 4. The van der Waals surface area contributed by atoms with Crippen molar-refractivity contribution in [2.45, 2.75) is 64.7 Å². The van der Waals surface area contributed by atoms with Crippen LogP contribution in [-0.2, 0) is 0 Å². The van der Waals surface area contributed by atoms with Gasteiger partial charge < -0.3 is 0 Å². The van der Waals surface area contributed by atoms with Crippen molar-refractivity contribution in [3.63, 3.8) is 0 Å². The van der Waals surface area contributed by atoms with E-state index >= 15 is 0 Å². The second-order valence-electron chi connectivity index (χ2n) is 9.13. The molecule has 0 aromatic rings. The summed E-state index contributed by atoms with van der Waals surface area (Å²) >= 11 is 0. The van der Waals surface area contributed by atoms with Crippen LogP contribution in [0.5, 0.6) is 0 Å². The molecule has 0 aromatic heterocycles. The van der Waals surface area contributed by atoms with Gasteiger partial charge in [-0.25, -0.2) is 0 Å². The third-order valence-electron chi connectivity index (χ3n) is 7.94. The van der Waals surface area contributed by atoms with Gasteiger partial charge >= 0.3 is 0 Å². The molecular formula is C22H28. The normalized spacial score (nSPS) is 43.4. The molecule has 116 valence electrons. The van der Waals surface area contributed by atoms with Crippen molar-refractivity contribution in [3.8, 4) is 0 Å². The number of fused-ring (bicyclic) bond motifs is 2. The molecule has 6 aliphatic rings. The molecule has 3 saturated carbocycles. The molecule has 5 atom stereocenters. The zero-order chi connectivity index (χ0) is 14.4. The van der Waals surface area contributed by atoms with Gasteiger partial charge in [0, 0.05) is 0 Å². The van der Waals surface area contributed by atoms with Crippen LogP contribution in [0.3, 0.4) is 0 Å². The summed E-state index contributed by atoms with van der Waals surface area (Å²) < 4.78 is 0. The van der Waals surface area contributed by atoms with Gasteiger partial charge in [0.25, 0.3) is 0 Å². The van der Waals surface area contributed by atoms with Gasteiger partial charge in [-0.15, -0.1) is 0 Å². The van der Waals surface area contributed by atoms with E-state index < -0.39 is 0 Å². The first-order valence-electron chi connectivity index (χ1n) is 9.99. The summed E-state index contributed by atoms with van der Waals surface area (Å²) in [5.41, 5.74) is 9.08. The van der Waals surface area contributed by atoms with Gasteiger partial charge in [0.05, 0.1) is 0 Å². The molecule has 0 nitrogen and oxygen atoms in total. The lowest BCUT2D eigenvalue weighted by Crippen LogP contribution is -2.06. The molecule has 0 heteroatoms. The van der Waals surface area contributed by atoms with Crippen molar-refractivity contribution in [2.24, 2.45) is 35.5 Å². The Bertz CT molecular complexity index is 639. The van der Waals surface area contributed by atoms with Crippen molar-refractivity contribution in [3.05, 3.63) is 33.9 Å². The van der Waals surface area contributed by atoms with E-state index in [2.05, 4.69) is 13.0 Å². The monoisotopic (exact) mass is 292 g/mol. The Kier molecular flexibility index (Phi) is 2.40. The smallest absolute Gasteiger partial charge is 0.0122 e. The molecule has 6 aliphatic carbocycles. The lowest BCUT2D eigenvalue weighted by Gasteiger charge is -2.14. The molecule has 0 bridgehead atoms. The summed E-state index contributed by atoms with van der Waals surface area (Å²) in [6.07, 6.45) is 15.7. The summed E-state index contributed by atoms with van der Waals surface area (Å²) in [5, 5.41) is 0. The third-order valence-corrected chi connectivity index (χ3v) is 7.94. The van der Waals surface area contributed by atoms with Crippen LogP contribution >= 0.6 is 0 Å². The molecule has 0 amide bonds. The highest BCUT2D eigenvalue weighted by atomic mass is 14.6. The number of hydrogen-bond donors (Lipinski definition) is 0. The summed E-state index contributed by atoms with van der Waals surface area (Å²) in [6, 6.07) is 0. The van der Waals surface area contributed by atoms with E-state index in [1.807, 2.05) is 16.7 Å². The molecule has 22 heavy (non-hydrogen) atoms. The second kappa shape index (κ2) is 4.19. The number of allylic oxidation sites excluding steroid dienone is 6. The van der Waals surface area contributed by atoms with Gasteiger partial charge in [-0.1, -0.05) is 13.0 Å². The molecule has 0 aromatic carbocycles. The van der Waals surface area contributed by atoms with Crippen LogP contribution in [0.4, 0.5) is 0 Å². The maximum absolute atomic E-state index is 2.60. The molecule has 6 rings (SSSR count). The third kappa shape index (κ3) is 1.65. The fourth-order valence-electron chi connectivity index (χ4n) is 6.52. The first-order chi connectivity index (χ1) is 10.8. The van der Waals surface area contributed by atoms with E-state index in [1.54, 1.807) is 30.4 Å². The second-order valence-corrected chi connectivity index (χ2v) is 9.13. The molecule has 3 fully saturated rings. The fraction of sp³-hybridized carbons (Fsp3) is 0.727. The quantitative estimate of drug-likeness (QED) is 0.613. The van der Waals surface area contributed by atoms with Gasteiger partial charge in [0.2, 0.25) is 0 Å². The Hall–Kier alpha value is -0.780. The minimum absolute atomic E-state index is 0.970. The van der Waals surface area contributed by atoms with Crippen molar-refractivity contribution in [1.82, 2.24) is 0 Å². The minimum Gasteiger partial charge on any atom is -0.0764 e. The molecule has 0 N–H and O–H groups in total. The number of hydrogen-bond acceptors (Lipinski definition) is 0. The van der Waals surface area contributed by atoms with Gasteiger partial charge in [0.1, 0.15) is 0 Å². The van der Waals surface area contributed by atoms with Gasteiger partial charge in [-0.2, -0.15) is 0 Å². The molecule has 3 unspecified atom stereocenters. The van der Waals surface area contributed by atoms with E-state index in [4.69, 9.17) is 0 Å². The predicted molar refractivity (Wildman–Crippen MR) is 90.3 cm³/mol. The van der Waals surface area contributed by atoms with Crippen LogP contribution in [0.2, 0.25) is 0 Å². The van der Waals surface area contributed by atoms with Crippen molar-refractivity contribution < 1.29 is 0 Å². The zero-order valence-corrected chi connectivity index (χ0v) is 13.9.